The number of nitrogens with zero attached hydrogens (tertiary/aromatic N) is 1. The first-order valence-electron chi connectivity index (χ1n) is 6.69. The number of aryl methyl sites for hydroxylation is 2. The Kier molecular flexibility index (Phi) is 3.99. The first kappa shape index (κ1) is 14.8. The van der Waals surface area contributed by atoms with Crippen molar-refractivity contribution >= 4 is 23.1 Å². The molecule has 2 heterocycles. The quantitative estimate of drug-likeness (QED) is 0.924. The summed E-state index contributed by atoms with van der Waals surface area (Å²) in [5.74, 6) is 1.08. The van der Waals surface area contributed by atoms with Crippen LogP contribution in [0, 0.1) is 6.92 Å². The zero-order chi connectivity index (χ0) is 14.9. The molecule has 1 N–H and O–H groups in total. The van der Waals surface area contributed by atoms with Crippen LogP contribution in [0.3, 0.4) is 0 Å². The molecule has 108 valence electrons. The number of nitrogens with one attached hydrogen (secondary N) is 1. The van der Waals surface area contributed by atoms with E-state index in [0.29, 0.717) is 10.7 Å². The normalized spacial score (nSPS) is 11.7. The van der Waals surface area contributed by atoms with Gasteiger partial charge in [0.1, 0.15) is 5.76 Å². The molecular formula is C15H20N2O2S. The van der Waals surface area contributed by atoms with Crippen molar-refractivity contribution < 1.29 is 9.32 Å². The first-order valence-corrected chi connectivity index (χ1v) is 7.50. The van der Waals surface area contributed by atoms with Crippen molar-refractivity contribution in [2.24, 2.45) is 0 Å². The van der Waals surface area contributed by atoms with E-state index in [2.05, 4.69) is 17.4 Å². The molecular weight excluding hydrogens is 272 g/mol. The Morgan fingerprint density at radius 1 is 1.40 bits per heavy atom. The van der Waals surface area contributed by atoms with Crippen LogP contribution in [0.2, 0.25) is 0 Å². The lowest BCUT2D eigenvalue weighted by Gasteiger charge is -2.11. The fourth-order valence-electron chi connectivity index (χ4n) is 1.85. The number of amides is 1. The van der Waals surface area contributed by atoms with Gasteiger partial charge in [0.05, 0.1) is 4.88 Å². The van der Waals surface area contributed by atoms with Crippen molar-refractivity contribution in [3.05, 3.63) is 33.2 Å². The highest BCUT2D eigenvalue weighted by molar-refractivity contribution is 7.14. The van der Waals surface area contributed by atoms with Crippen LogP contribution in [0.4, 0.5) is 5.82 Å². The second-order valence-electron chi connectivity index (χ2n) is 5.83. The van der Waals surface area contributed by atoms with Gasteiger partial charge in [-0.15, -0.1) is 11.3 Å². The molecule has 0 saturated carbocycles. The third-order valence-electron chi connectivity index (χ3n) is 3.12. The average Bonchev–Trinajstić information content (AvgIpc) is 2.95. The fourth-order valence-corrected chi connectivity index (χ4v) is 2.86. The molecule has 1 amide bonds. The molecule has 0 aliphatic heterocycles. The molecule has 0 aliphatic rings. The molecule has 0 unspecified atom stereocenters. The largest absolute Gasteiger partial charge is 0.359 e. The number of carbonyl (C=O) groups excluding carboxylic acids is 1. The van der Waals surface area contributed by atoms with Gasteiger partial charge in [0, 0.05) is 16.4 Å². The van der Waals surface area contributed by atoms with E-state index in [4.69, 9.17) is 4.52 Å². The highest BCUT2D eigenvalue weighted by Gasteiger charge is 2.21. The van der Waals surface area contributed by atoms with Crippen LogP contribution < -0.4 is 5.32 Å². The molecule has 0 aromatic carbocycles. The van der Waals surface area contributed by atoms with Gasteiger partial charge in [-0.1, -0.05) is 32.9 Å². The van der Waals surface area contributed by atoms with Gasteiger partial charge in [-0.2, -0.15) is 0 Å². The zero-order valence-corrected chi connectivity index (χ0v) is 13.4. The van der Waals surface area contributed by atoms with Gasteiger partial charge in [0.25, 0.3) is 5.91 Å². The van der Waals surface area contributed by atoms with Crippen molar-refractivity contribution in [2.45, 2.75) is 46.5 Å². The van der Waals surface area contributed by atoms with Crippen LogP contribution in [-0.2, 0) is 11.8 Å². The summed E-state index contributed by atoms with van der Waals surface area (Å²) in [6.07, 6.45) is 0.938. The number of hydrogen-bond acceptors (Lipinski definition) is 4. The third kappa shape index (κ3) is 3.10. The molecule has 0 bridgehead atoms. The molecule has 0 spiro atoms. The number of aromatic nitrogens is 1. The highest BCUT2D eigenvalue weighted by atomic mass is 32.1. The third-order valence-corrected chi connectivity index (χ3v) is 4.21. The second-order valence-corrected chi connectivity index (χ2v) is 7.08. The fraction of sp³-hybridized carbons (Fsp3) is 0.467. The van der Waals surface area contributed by atoms with Crippen molar-refractivity contribution in [2.75, 3.05) is 5.32 Å². The smallest absolute Gasteiger partial charge is 0.266 e. The Balaban J connectivity index is 2.13. The topological polar surface area (TPSA) is 55.1 Å². The summed E-state index contributed by atoms with van der Waals surface area (Å²) in [5.41, 5.74) is 1.10. The first-order chi connectivity index (χ1) is 9.31. The van der Waals surface area contributed by atoms with Gasteiger partial charge in [-0.25, -0.2) is 0 Å². The Bertz CT molecular complexity index is 620. The molecule has 2 aromatic heterocycles. The standard InChI is InChI=1S/C15H20N2O2S/c1-6-10-7-11(20-9(10)2)14(18)16-13-8-12(19-17-13)15(3,4)5/h7-8H,6H2,1-5H3,(H,16,17,18). The molecule has 2 aromatic rings. The number of hydrogen-bond donors (Lipinski definition) is 1. The van der Waals surface area contributed by atoms with E-state index in [9.17, 15) is 4.79 Å². The summed E-state index contributed by atoms with van der Waals surface area (Å²) in [7, 11) is 0. The number of anilines is 1. The minimum atomic E-state index is -0.133. The summed E-state index contributed by atoms with van der Waals surface area (Å²) in [4.78, 5) is 14.1. The van der Waals surface area contributed by atoms with Crippen molar-refractivity contribution in [1.82, 2.24) is 5.16 Å². The van der Waals surface area contributed by atoms with Gasteiger partial charge in [0.15, 0.2) is 5.82 Å². The van der Waals surface area contributed by atoms with Crippen LogP contribution in [0.15, 0.2) is 16.7 Å². The van der Waals surface area contributed by atoms with Crippen LogP contribution in [-0.4, -0.2) is 11.1 Å². The van der Waals surface area contributed by atoms with Crippen LogP contribution >= 0.6 is 11.3 Å². The maximum atomic E-state index is 12.2. The highest BCUT2D eigenvalue weighted by Crippen LogP contribution is 2.26. The molecule has 0 saturated heterocycles. The molecule has 0 radical (unpaired) electrons. The van der Waals surface area contributed by atoms with Gasteiger partial charge in [-0.05, 0) is 25.0 Å². The number of thiophene rings is 1. The van der Waals surface area contributed by atoms with E-state index in [-0.39, 0.29) is 11.3 Å². The van der Waals surface area contributed by atoms with Gasteiger partial charge in [0.2, 0.25) is 0 Å². The number of carbonyl (C=O) groups is 1. The molecule has 20 heavy (non-hydrogen) atoms. The summed E-state index contributed by atoms with van der Waals surface area (Å²) >= 11 is 1.51. The van der Waals surface area contributed by atoms with E-state index in [1.165, 1.54) is 21.8 Å². The molecule has 0 fully saturated rings. The lowest BCUT2D eigenvalue weighted by Crippen LogP contribution is -2.11. The van der Waals surface area contributed by atoms with E-state index in [1.807, 2.05) is 33.8 Å². The molecule has 0 atom stereocenters. The van der Waals surface area contributed by atoms with E-state index < -0.39 is 0 Å². The maximum absolute atomic E-state index is 12.2. The minimum Gasteiger partial charge on any atom is -0.359 e. The Morgan fingerprint density at radius 2 is 2.10 bits per heavy atom. The van der Waals surface area contributed by atoms with Crippen molar-refractivity contribution in [3.8, 4) is 0 Å². The van der Waals surface area contributed by atoms with Crippen LogP contribution in [0.25, 0.3) is 0 Å². The Morgan fingerprint density at radius 3 is 2.60 bits per heavy atom. The van der Waals surface area contributed by atoms with Gasteiger partial charge >= 0.3 is 0 Å². The van der Waals surface area contributed by atoms with Crippen molar-refractivity contribution in [3.63, 3.8) is 0 Å². The SMILES string of the molecule is CCc1cc(C(=O)Nc2cc(C(C)(C)C)on2)sc1C. The molecule has 4 nitrogen and oxygen atoms in total. The minimum absolute atomic E-state index is 0.120. The summed E-state index contributed by atoms with van der Waals surface area (Å²) < 4.78 is 5.25. The second kappa shape index (κ2) is 5.40. The van der Waals surface area contributed by atoms with E-state index >= 15 is 0 Å². The van der Waals surface area contributed by atoms with Crippen LogP contribution in [0.5, 0.6) is 0 Å². The van der Waals surface area contributed by atoms with Crippen molar-refractivity contribution in [1.29, 1.82) is 0 Å². The molecule has 0 aliphatic carbocycles. The monoisotopic (exact) mass is 292 g/mol. The lowest BCUT2D eigenvalue weighted by molar-refractivity contribution is 0.102. The lowest BCUT2D eigenvalue weighted by atomic mass is 9.93. The summed E-state index contributed by atoms with van der Waals surface area (Å²) in [6, 6.07) is 3.72. The zero-order valence-electron chi connectivity index (χ0n) is 12.5. The number of rotatable bonds is 3. The molecule has 2 rings (SSSR count). The average molecular weight is 292 g/mol. The predicted octanol–water partition coefficient (Wildman–Crippen LogP) is 4.16. The van der Waals surface area contributed by atoms with Gasteiger partial charge < -0.3 is 9.84 Å². The summed E-state index contributed by atoms with van der Waals surface area (Å²) in [5, 5.41) is 6.68. The molecule has 5 heteroatoms. The maximum Gasteiger partial charge on any atom is 0.266 e. The Hall–Kier alpha value is -1.62. The predicted molar refractivity (Wildman–Crippen MR) is 81.6 cm³/mol. The van der Waals surface area contributed by atoms with E-state index in [1.54, 1.807) is 6.07 Å². The van der Waals surface area contributed by atoms with Crippen LogP contribution in [0.1, 0.15) is 53.6 Å². The summed E-state index contributed by atoms with van der Waals surface area (Å²) in [6.45, 7) is 10.2. The van der Waals surface area contributed by atoms with E-state index in [0.717, 1.165) is 12.2 Å². The van der Waals surface area contributed by atoms with Gasteiger partial charge in [-0.3, -0.25) is 4.79 Å². The Labute approximate surface area is 123 Å².